The van der Waals surface area contributed by atoms with Crippen molar-refractivity contribution >= 4 is 0 Å². The molecule has 12 N–H and O–H groups in total. The molecule has 8 aliphatic rings. The third-order valence-electron chi connectivity index (χ3n) is 24.9. The minimum atomic E-state index is 0.103. The van der Waals surface area contributed by atoms with E-state index in [1.54, 1.807) is 0 Å². The predicted molar refractivity (Wildman–Crippen MR) is 320 cm³/mol. The van der Waals surface area contributed by atoms with E-state index < -0.39 is 0 Å². The van der Waals surface area contributed by atoms with Gasteiger partial charge >= 0.3 is 0 Å². The summed E-state index contributed by atoms with van der Waals surface area (Å²) >= 11 is 0. The molecule has 460 valence electrons. The smallest absolute Gasteiger partial charge is 0.0637 e. The van der Waals surface area contributed by atoms with Gasteiger partial charge in [-0.25, -0.2) is 0 Å². The van der Waals surface area contributed by atoms with E-state index in [0.29, 0.717) is 122 Å². The first-order valence-corrected chi connectivity index (χ1v) is 33.8. The maximum atomic E-state index is 7.16. The minimum Gasteiger partial charge on any atom is -0.381 e. The van der Waals surface area contributed by atoms with Gasteiger partial charge in [0, 0.05) is 63.7 Å². The second-order valence-corrected chi connectivity index (χ2v) is 28.8. The van der Waals surface area contributed by atoms with E-state index in [-0.39, 0.29) is 46.1 Å². The topological polar surface area (TPSA) is 221 Å². The Labute approximate surface area is 482 Å². The predicted octanol–water partition coefficient (Wildman–Crippen LogP) is 10.00. The number of hydrogen-bond donors (Lipinski definition) is 6. The van der Waals surface area contributed by atoms with Crippen molar-refractivity contribution in [3.8, 4) is 0 Å². The van der Waals surface area contributed by atoms with Crippen molar-refractivity contribution in [3.05, 3.63) is 0 Å². The van der Waals surface area contributed by atoms with Gasteiger partial charge in [-0.3, -0.25) is 0 Å². The second-order valence-electron chi connectivity index (χ2n) is 28.8. The molecule has 0 bridgehead atoms. The monoisotopic (exact) mass is 1110 g/mol. The van der Waals surface area contributed by atoms with E-state index in [1.807, 2.05) is 0 Å². The molecule has 8 aliphatic carbocycles. The number of nitrogens with two attached hydrogens (primary N) is 6. The average molecular weight is 1110 g/mol. The molecule has 0 spiro atoms. The van der Waals surface area contributed by atoms with Gasteiger partial charge in [0.1, 0.15) is 0 Å². The van der Waals surface area contributed by atoms with Crippen molar-refractivity contribution in [1.29, 1.82) is 0 Å². The molecule has 13 nitrogen and oxygen atoms in total. The lowest BCUT2D eigenvalue weighted by Crippen LogP contribution is -2.63. The molecule has 0 heterocycles. The normalized spacial score (nSPS) is 42.4. The molecule has 0 aromatic rings. The van der Waals surface area contributed by atoms with Crippen molar-refractivity contribution in [2.24, 2.45) is 127 Å². The molecule has 0 amide bonds. The standard InChI is InChI=1S/C66H124N6O7/c1-45(51-17-19-53-61-55(43-59(65(51,53)5)78-37-13-29-71)63(3)23-21-49(74-33-9-25-67)39-47(63)41-57(61)76-35-11-27-69)15-7-31-73-32-8-16-46(2)52-18-20-54-62-56(44-60(66(52,54)6)79-38-14-30-72)64(4)24-22-50(75-34-10-26-68)40-48(64)42-58(62)77-36-12-28-70/h45-62H,7-44,67-72H2,1-6H3/t45-,46-,47+,48?,49-,50-,51-,52-,53?,54+,55?,56+,57-,58?,59+,60+,61+,62?,63+,64+,65-,66-/m1/s1. The average Bonchev–Trinajstić information content (AvgIpc) is 3.58. The molecule has 22 atom stereocenters. The Morgan fingerprint density at radius 1 is 0.380 bits per heavy atom. The minimum absolute atomic E-state index is 0.103. The Balaban J connectivity index is 0.874. The molecule has 0 saturated heterocycles. The quantitative estimate of drug-likeness (QED) is 0.0331. The van der Waals surface area contributed by atoms with Gasteiger partial charge < -0.3 is 67.6 Å². The van der Waals surface area contributed by atoms with E-state index in [4.69, 9.17) is 67.6 Å². The van der Waals surface area contributed by atoms with E-state index in [0.717, 1.165) is 156 Å². The van der Waals surface area contributed by atoms with Crippen LogP contribution in [0.2, 0.25) is 0 Å². The molecule has 0 aliphatic heterocycles. The van der Waals surface area contributed by atoms with Crippen molar-refractivity contribution < 1.29 is 33.2 Å². The molecular formula is C66H124N6O7. The molecule has 8 rings (SSSR count). The number of fused-ring (bicyclic) bond motifs is 10. The highest BCUT2D eigenvalue weighted by molar-refractivity contribution is 5.17. The van der Waals surface area contributed by atoms with Crippen LogP contribution >= 0.6 is 0 Å². The highest BCUT2D eigenvalue weighted by atomic mass is 16.5. The van der Waals surface area contributed by atoms with Crippen LogP contribution in [0.25, 0.3) is 0 Å². The van der Waals surface area contributed by atoms with Crippen molar-refractivity contribution in [2.45, 2.75) is 232 Å². The van der Waals surface area contributed by atoms with Crippen LogP contribution in [0.4, 0.5) is 0 Å². The summed E-state index contributed by atoms with van der Waals surface area (Å²) in [7, 11) is 0. The number of rotatable bonds is 34. The van der Waals surface area contributed by atoms with Crippen LogP contribution < -0.4 is 34.4 Å². The largest absolute Gasteiger partial charge is 0.381 e. The molecule has 0 aromatic carbocycles. The number of hydrogen-bond acceptors (Lipinski definition) is 13. The Morgan fingerprint density at radius 3 is 1.10 bits per heavy atom. The maximum absolute atomic E-state index is 7.16. The summed E-state index contributed by atoms with van der Waals surface area (Å²) in [6.07, 6.45) is 28.5. The lowest BCUT2D eigenvalue weighted by molar-refractivity contribution is -0.227. The summed E-state index contributed by atoms with van der Waals surface area (Å²) in [6.45, 7) is 26.1. The first-order chi connectivity index (χ1) is 38.3. The Morgan fingerprint density at radius 2 is 0.734 bits per heavy atom. The van der Waals surface area contributed by atoms with E-state index in [2.05, 4.69) is 41.5 Å². The van der Waals surface area contributed by atoms with Crippen LogP contribution in [-0.2, 0) is 33.2 Å². The van der Waals surface area contributed by atoms with E-state index in [1.165, 1.54) is 51.4 Å². The first-order valence-electron chi connectivity index (χ1n) is 33.8. The zero-order valence-corrected chi connectivity index (χ0v) is 51.6. The summed E-state index contributed by atoms with van der Waals surface area (Å²) in [5.74, 6) is 7.07. The van der Waals surface area contributed by atoms with Gasteiger partial charge in [-0.15, -0.1) is 0 Å². The van der Waals surface area contributed by atoms with Crippen LogP contribution in [0.3, 0.4) is 0 Å². The molecule has 0 radical (unpaired) electrons. The van der Waals surface area contributed by atoms with Crippen LogP contribution in [0.5, 0.6) is 0 Å². The summed E-state index contributed by atoms with van der Waals surface area (Å²) in [5, 5.41) is 0. The van der Waals surface area contributed by atoms with Crippen LogP contribution in [0.1, 0.15) is 196 Å². The number of ether oxygens (including phenoxy) is 7. The zero-order valence-electron chi connectivity index (χ0n) is 51.6. The molecule has 13 heteroatoms. The third kappa shape index (κ3) is 14.0. The fourth-order valence-electron chi connectivity index (χ4n) is 20.7. The highest BCUT2D eigenvalue weighted by Gasteiger charge is 2.68. The Kier molecular flexibility index (Phi) is 24.7. The van der Waals surface area contributed by atoms with Gasteiger partial charge in [0.25, 0.3) is 0 Å². The molecule has 8 saturated carbocycles. The molecular weight excluding hydrogens is 989 g/mol. The fraction of sp³-hybridized carbons (Fsp3) is 1.00. The summed E-state index contributed by atoms with van der Waals surface area (Å²) in [6, 6.07) is 0. The van der Waals surface area contributed by atoms with Gasteiger partial charge in [0.15, 0.2) is 0 Å². The van der Waals surface area contributed by atoms with Crippen molar-refractivity contribution in [1.82, 2.24) is 0 Å². The van der Waals surface area contributed by atoms with Gasteiger partial charge in [0.05, 0.1) is 36.6 Å². The first kappa shape index (κ1) is 64.5. The van der Waals surface area contributed by atoms with Crippen LogP contribution in [0, 0.1) is 92.7 Å². The fourth-order valence-corrected chi connectivity index (χ4v) is 20.7. The molecule has 0 aromatic heterocycles. The van der Waals surface area contributed by atoms with E-state index >= 15 is 0 Å². The van der Waals surface area contributed by atoms with Gasteiger partial charge in [0.2, 0.25) is 0 Å². The molecule has 8 fully saturated rings. The van der Waals surface area contributed by atoms with Gasteiger partial charge in [-0.05, 0) is 275 Å². The SMILES string of the molecule is C[C@H](CCCOCCC[C@@H](C)[C@H]1CC[C@H]2C3C(OCCCN)CC4C[C@H](OCCCN)CC[C@]4(C)[C@H]3C[C@H](OCCCN)[C@]12C)[C@H]1CCC2[C@H]3C(C[C@H](OCCCN)[C@@]21C)[C@@]1(C)CC[C@@H](OCCCN)C[C@H]1C[C@H]3OCCCN. The summed E-state index contributed by atoms with van der Waals surface area (Å²) in [5.41, 5.74) is 36.9. The Hall–Kier alpha value is -0.520. The second kappa shape index (κ2) is 30.2. The van der Waals surface area contributed by atoms with Gasteiger partial charge in [-0.1, -0.05) is 41.5 Å². The summed E-state index contributed by atoms with van der Waals surface area (Å²) in [4.78, 5) is 0. The van der Waals surface area contributed by atoms with E-state index in [9.17, 15) is 0 Å². The van der Waals surface area contributed by atoms with Crippen molar-refractivity contribution in [2.75, 3.05) is 92.1 Å². The highest BCUT2D eigenvalue weighted by Crippen LogP contribution is 2.71. The van der Waals surface area contributed by atoms with Crippen LogP contribution in [0.15, 0.2) is 0 Å². The zero-order chi connectivity index (χ0) is 56.2. The van der Waals surface area contributed by atoms with Crippen molar-refractivity contribution in [3.63, 3.8) is 0 Å². The van der Waals surface area contributed by atoms with Gasteiger partial charge in [-0.2, -0.15) is 0 Å². The molecule has 79 heavy (non-hydrogen) atoms. The lowest BCUT2D eigenvalue weighted by atomic mass is 9.43. The third-order valence-corrected chi connectivity index (χ3v) is 24.9. The molecule has 5 unspecified atom stereocenters. The lowest BCUT2D eigenvalue weighted by Gasteiger charge is -2.65. The van der Waals surface area contributed by atoms with Crippen LogP contribution in [-0.4, -0.2) is 129 Å². The Bertz CT molecular complexity index is 1650. The maximum Gasteiger partial charge on any atom is 0.0637 e. The summed E-state index contributed by atoms with van der Waals surface area (Å²) < 4.78 is 48.0.